The lowest BCUT2D eigenvalue weighted by molar-refractivity contribution is 0.705. The van der Waals surface area contributed by atoms with Gasteiger partial charge in [0.25, 0.3) is 0 Å². The van der Waals surface area contributed by atoms with Gasteiger partial charge in [-0.3, -0.25) is 0 Å². The normalized spacial score (nSPS) is 15.6. The molecule has 22 heavy (non-hydrogen) atoms. The Labute approximate surface area is 134 Å². The monoisotopic (exact) mass is 307 g/mol. The fraction of sp³-hybridized carbons (Fsp3) is 0.200. The van der Waals surface area contributed by atoms with Crippen molar-refractivity contribution in [2.45, 2.75) is 19.4 Å². The Kier molecular flexibility index (Phi) is 4.87. The van der Waals surface area contributed by atoms with Crippen molar-refractivity contribution in [1.82, 2.24) is 5.32 Å². The minimum absolute atomic E-state index is 0.395. The van der Waals surface area contributed by atoms with Gasteiger partial charge in [-0.1, -0.05) is 72.8 Å². The number of nitrogens with one attached hydrogen (secondary N) is 1. The van der Waals surface area contributed by atoms with Gasteiger partial charge >= 0.3 is 0 Å². The average Bonchev–Trinajstić information content (AvgIpc) is 3.06. The highest BCUT2D eigenvalue weighted by molar-refractivity contribution is 7.76. The van der Waals surface area contributed by atoms with Gasteiger partial charge in [-0.2, -0.15) is 0 Å². The largest absolute Gasteiger partial charge is 0.313 e. The first-order chi connectivity index (χ1) is 10.8. The van der Waals surface area contributed by atoms with Crippen LogP contribution in [0.15, 0.2) is 83.7 Å². The smallest absolute Gasteiger partial charge is 0.0292 e. The van der Waals surface area contributed by atoms with Crippen LogP contribution in [0.25, 0.3) is 0 Å². The first-order valence-corrected chi connectivity index (χ1v) is 9.12. The van der Waals surface area contributed by atoms with Gasteiger partial charge in [0.1, 0.15) is 0 Å². The molecule has 3 rings (SSSR count). The summed E-state index contributed by atoms with van der Waals surface area (Å²) < 4.78 is 0. The van der Waals surface area contributed by atoms with Gasteiger partial charge in [0.05, 0.1) is 0 Å². The highest BCUT2D eigenvalue weighted by Gasteiger charge is 2.24. The molecule has 0 unspecified atom stereocenters. The molecule has 0 saturated heterocycles. The van der Waals surface area contributed by atoms with Gasteiger partial charge in [-0.25, -0.2) is 0 Å². The molecule has 0 spiro atoms. The van der Waals surface area contributed by atoms with Gasteiger partial charge < -0.3 is 5.32 Å². The first kappa shape index (κ1) is 15.2. The second kappa shape index (κ2) is 7.05. The van der Waals surface area contributed by atoms with Crippen LogP contribution in [0.2, 0.25) is 0 Å². The molecule has 0 aliphatic heterocycles. The molecule has 1 nitrogen and oxygen atoms in total. The summed E-state index contributed by atoms with van der Waals surface area (Å²) in [6, 6.07) is 22.3. The molecule has 2 heteroatoms. The molecular formula is C20H22NP. The second-order valence-electron chi connectivity index (χ2n) is 5.53. The van der Waals surface area contributed by atoms with Gasteiger partial charge in [0, 0.05) is 6.04 Å². The molecule has 1 aliphatic carbocycles. The molecule has 1 atom stereocenters. The summed E-state index contributed by atoms with van der Waals surface area (Å²) in [6.07, 6.45) is 5.67. The Morgan fingerprint density at radius 3 is 1.95 bits per heavy atom. The van der Waals surface area contributed by atoms with Crippen LogP contribution >= 0.6 is 7.92 Å². The zero-order chi connectivity index (χ0) is 15.4. The van der Waals surface area contributed by atoms with E-state index in [0.717, 1.165) is 6.42 Å². The van der Waals surface area contributed by atoms with E-state index in [-0.39, 0.29) is 0 Å². The van der Waals surface area contributed by atoms with Crippen molar-refractivity contribution in [3.05, 3.63) is 83.7 Å². The van der Waals surface area contributed by atoms with Crippen LogP contribution in [0, 0.1) is 0 Å². The summed E-state index contributed by atoms with van der Waals surface area (Å²) in [5, 5.41) is 7.84. The highest BCUT2D eigenvalue weighted by atomic mass is 31.1. The molecule has 0 amide bonds. The summed E-state index contributed by atoms with van der Waals surface area (Å²) >= 11 is 0. The lowest BCUT2D eigenvalue weighted by Gasteiger charge is -2.24. The number of hydrogen-bond donors (Lipinski definition) is 1. The summed E-state index contributed by atoms with van der Waals surface area (Å²) in [5.74, 6) is 0. The quantitative estimate of drug-likeness (QED) is 0.825. The molecule has 1 aliphatic rings. The minimum Gasteiger partial charge on any atom is -0.313 e. The number of allylic oxidation sites excluding steroid dienone is 2. The topological polar surface area (TPSA) is 12.0 Å². The van der Waals surface area contributed by atoms with Gasteiger partial charge in [-0.15, -0.1) is 0 Å². The zero-order valence-electron chi connectivity index (χ0n) is 13.2. The summed E-state index contributed by atoms with van der Waals surface area (Å²) in [6.45, 7) is 2.24. The molecule has 2 aromatic carbocycles. The third-order valence-electron chi connectivity index (χ3n) is 4.14. The van der Waals surface area contributed by atoms with Gasteiger partial charge in [0.15, 0.2) is 0 Å². The van der Waals surface area contributed by atoms with Crippen LogP contribution in [-0.4, -0.2) is 13.1 Å². The predicted octanol–water partition coefficient (Wildman–Crippen LogP) is 3.94. The van der Waals surface area contributed by atoms with E-state index in [9.17, 15) is 0 Å². The number of rotatable bonds is 5. The van der Waals surface area contributed by atoms with Crippen LogP contribution in [0.3, 0.4) is 0 Å². The van der Waals surface area contributed by atoms with Crippen molar-refractivity contribution < 1.29 is 0 Å². The molecule has 0 heterocycles. The van der Waals surface area contributed by atoms with Gasteiger partial charge in [0.2, 0.25) is 0 Å². The Bertz CT molecular complexity index is 634. The van der Waals surface area contributed by atoms with Crippen molar-refractivity contribution in [2.24, 2.45) is 0 Å². The van der Waals surface area contributed by atoms with Crippen LogP contribution < -0.4 is 15.9 Å². The molecule has 0 fully saturated rings. The SMILES string of the molecule is CN[C@@H](C)C1=C(P(c2ccccc2)c2ccccc2)CC=C1. The zero-order valence-corrected chi connectivity index (χ0v) is 14.1. The van der Waals surface area contributed by atoms with E-state index in [2.05, 4.69) is 85.1 Å². The number of hydrogen-bond acceptors (Lipinski definition) is 1. The van der Waals surface area contributed by atoms with Crippen molar-refractivity contribution in [2.75, 3.05) is 7.05 Å². The molecule has 112 valence electrons. The summed E-state index contributed by atoms with van der Waals surface area (Å²) in [5.41, 5.74) is 1.46. The Morgan fingerprint density at radius 2 is 1.45 bits per heavy atom. The summed E-state index contributed by atoms with van der Waals surface area (Å²) in [7, 11) is 1.58. The van der Waals surface area contributed by atoms with Crippen LogP contribution in [-0.2, 0) is 0 Å². The van der Waals surface area contributed by atoms with E-state index in [1.807, 2.05) is 7.05 Å². The van der Waals surface area contributed by atoms with Crippen LogP contribution in [0.5, 0.6) is 0 Å². The Hall–Kier alpha value is -1.69. The third-order valence-corrected chi connectivity index (χ3v) is 6.75. The van der Waals surface area contributed by atoms with E-state index in [4.69, 9.17) is 0 Å². The number of benzene rings is 2. The van der Waals surface area contributed by atoms with Crippen molar-refractivity contribution in [1.29, 1.82) is 0 Å². The van der Waals surface area contributed by atoms with E-state index in [0.29, 0.717) is 6.04 Å². The lowest BCUT2D eigenvalue weighted by Crippen LogP contribution is -2.24. The van der Waals surface area contributed by atoms with Crippen molar-refractivity contribution in [3.8, 4) is 0 Å². The molecule has 0 bridgehead atoms. The predicted molar refractivity (Wildman–Crippen MR) is 98.4 cm³/mol. The van der Waals surface area contributed by atoms with Crippen molar-refractivity contribution >= 4 is 18.5 Å². The maximum Gasteiger partial charge on any atom is 0.0292 e. The standard InChI is InChI=1S/C20H22NP/c1-16(21-2)19-14-9-15-20(19)22(17-10-5-3-6-11-17)18-12-7-4-8-13-18/h3-14,16,21H,15H2,1-2H3/t16-/m0/s1. The van der Waals surface area contributed by atoms with E-state index in [1.165, 1.54) is 16.2 Å². The average molecular weight is 307 g/mol. The number of likely N-dealkylation sites (N-methyl/N-ethyl adjacent to an activating group) is 1. The maximum atomic E-state index is 3.40. The minimum atomic E-state index is -0.452. The van der Waals surface area contributed by atoms with Gasteiger partial charge in [-0.05, 0) is 49.8 Å². The molecule has 2 aromatic rings. The summed E-state index contributed by atoms with van der Waals surface area (Å²) in [4.78, 5) is 0. The highest BCUT2D eigenvalue weighted by Crippen LogP contribution is 2.49. The molecule has 0 radical (unpaired) electrons. The van der Waals surface area contributed by atoms with Crippen LogP contribution in [0.1, 0.15) is 13.3 Å². The van der Waals surface area contributed by atoms with E-state index < -0.39 is 7.92 Å². The van der Waals surface area contributed by atoms with Crippen LogP contribution in [0.4, 0.5) is 0 Å². The molecule has 0 saturated carbocycles. The molecule has 0 aromatic heterocycles. The molecular weight excluding hydrogens is 285 g/mol. The fourth-order valence-corrected chi connectivity index (χ4v) is 5.57. The second-order valence-corrected chi connectivity index (χ2v) is 7.77. The fourth-order valence-electron chi connectivity index (χ4n) is 2.90. The first-order valence-electron chi connectivity index (χ1n) is 7.78. The molecule has 1 N–H and O–H groups in total. The van der Waals surface area contributed by atoms with Crippen molar-refractivity contribution in [3.63, 3.8) is 0 Å². The Balaban J connectivity index is 2.11. The lowest BCUT2D eigenvalue weighted by atomic mass is 10.1. The Morgan fingerprint density at radius 1 is 0.909 bits per heavy atom. The van der Waals surface area contributed by atoms with E-state index in [1.54, 1.807) is 5.31 Å². The van der Waals surface area contributed by atoms with E-state index >= 15 is 0 Å². The third kappa shape index (κ3) is 3.06. The maximum absolute atomic E-state index is 3.40.